The van der Waals surface area contributed by atoms with E-state index >= 15 is 0 Å². The minimum absolute atomic E-state index is 0.205. The summed E-state index contributed by atoms with van der Waals surface area (Å²) in [5.74, 6) is 0. The zero-order chi connectivity index (χ0) is 25.5. The van der Waals surface area contributed by atoms with Crippen LogP contribution < -0.4 is 10.3 Å². The predicted molar refractivity (Wildman–Crippen MR) is 146 cm³/mol. The second-order valence-corrected chi connectivity index (χ2v) is 11.4. The van der Waals surface area contributed by atoms with Crippen molar-refractivity contribution in [3.8, 4) is 0 Å². The third-order valence-electron chi connectivity index (χ3n) is 6.01. The smallest absolute Gasteiger partial charge is 0.225 e. The molecule has 0 aliphatic carbocycles. The van der Waals surface area contributed by atoms with Gasteiger partial charge < -0.3 is 0 Å². The van der Waals surface area contributed by atoms with Crippen molar-refractivity contribution in [3.05, 3.63) is 109 Å². The van der Waals surface area contributed by atoms with Crippen molar-refractivity contribution in [1.29, 1.82) is 0 Å². The quantitative estimate of drug-likeness (QED) is 0.305. The molecule has 0 aliphatic heterocycles. The number of rotatable bonds is 2. The first-order valence-corrected chi connectivity index (χ1v) is 14.1. The van der Waals surface area contributed by atoms with Crippen LogP contribution in [0.5, 0.6) is 0 Å². The summed E-state index contributed by atoms with van der Waals surface area (Å²) in [5, 5.41) is 16.9. The van der Waals surface area contributed by atoms with E-state index in [4.69, 9.17) is 10.3 Å². The third kappa shape index (κ3) is 4.43. The number of sulfonamides is 2. The maximum atomic E-state index is 11.8. The molecule has 180 valence electrons. The van der Waals surface area contributed by atoms with Crippen LogP contribution in [0.1, 0.15) is 0 Å². The van der Waals surface area contributed by atoms with E-state index < -0.39 is 20.0 Å². The van der Waals surface area contributed by atoms with Gasteiger partial charge in [0.2, 0.25) is 20.0 Å². The number of primary sulfonamides is 2. The largest absolute Gasteiger partial charge is 0.239 e. The SMILES string of the molecule is NS(=O)(=O)c1c2ccccc2cc2ccccc12.NS(=O)(=O)c1c2ccccc2cc2ccccc12. The fourth-order valence-electron chi connectivity index (χ4n) is 4.56. The fraction of sp³-hybridized carbons (Fsp3) is 0. The molecule has 0 radical (unpaired) electrons. The lowest BCUT2D eigenvalue weighted by molar-refractivity contribution is 0.597. The molecule has 6 aromatic rings. The Balaban J connectivity index is 0.000000148. The van der Waals surface area contributed by atoms with Gasteiger partial charge in [0.15, 0.2) is 0 Å². The number of hydrogen-bond acceptors (Lipinski definition) is 4. The van der Waals surface area contributed by atoms with E-state index in [-0.39, 0.29) is 9.79 Å². The van der Waals surface area contributed by atoms with E-state index in [0.29, 0.717) is 21.5 Å². The van der Waals surface area contributed by atoms with E-state index in [9.17, 15) is 16.8 Å². The first-order valence-electron chi connectivity index (χ1n) is 11.0. The second-order valence-electron chi connectivity index (χ2n) is 8.39. The van der Waals surface area contributed by atoms with Crippen LogP contribution in [-0.2, 0) is 20.0 Å². The minimum Gasteiger partial charge on any atom is -0.225 e. The Hall–Kier alpha value is -3.82. The first-order chi connectivity index (χ1) is 17.1. The van der Waals surface area contributed by atoms with Gasteiger partial charge in [-0.1, -0.05) is 97.1 Å². The summed E-state index contributed by atoms with van der Waals surface area (Å²) >= 11 is 0. The monoisotopic (exact) mass is 514 g/mol. The lowest BCUT2D eigenvalue weighted by Crippen LogP contribution is -2.13. The van der Waals surface area contributed by atoms with Crippen molar-refractivity contribution >= 4 is 63.1 Å². The summed E-state index contributed by atoms with van der Waals surface area (Å²) in [6, 6.07) is 33.4. The molecule has 0 heterocycles. The predicted octanol–water partition coefficient (Wildman–Crippen LogP) is 5.28. The van der Waals surface area contributed by atoms with Crippen molar-refractivity contribution < 1.29 is 16.8 Å². The lowest BCUT2D eigenvalue weighted by Gasteiger charge is -2.09. The Labute approximate surface area is 208 Å². The molecule has 0 unspecified atom stereocenters. The highest BCUT2D eigenvalue weighted by atomic mass is 32.2. The molecule has 0 aliphatic rings. The maximum Gasteiger partial charge on any atom is 0.239 e. The van der Waals surface area contributed by atoms with Crippen LogP contribution in [0.4, 0.5) is 0 Å². The molecule has 6 rings (SSSR count). The van der Waals surface area contributed by atoms with Gasteiger partial charge in [-0.2, -0.15) is 0 Å². The zero-order valence-electron chi connectivity index (χ0n) is 19.0. The van der Waals surface area contributed by atoms with Crippen molar-refractivity contribution in [3.63, 3.8) is 0 Å². The molecule has 0 aromatic heterocycles. The van der Waals surface area contributed by atoms with Crippen LogP contribution in [0.2, 0.25) is 0 Å². The molecule has 6 nitrogen and oxygen atoms in total. The third-order valence-corrected chi connectivity index (χ3v) is 8.03. The number of hydrogen-bond donors (Lipinski definition) is 2. The standard InChI is InChI=1S/2C14H11NO2S/c2*15-18(16,17)14-12-7-3-1-5-10(12)9-11-6-2-4-8-13(11)14/h2*1-9H,(H2,15,16,17). The number of nitrogens with two attached hydrogens (primary N) is 2. The van der Waals surface area contributed by atoms with Gasteiger partial charge in [0.1, 0.15) is 0 Å². The van der Waals surface area contributed by atoms with Crippen molar-refractivity contribution in [2.45, 2.75) is 9.79 Å². The van der Waals surface area contributed by atoms with Crippen molar-refractivity contribution in [2.75, 3.05) is 0 Å². The normalized spacial score (nSPS) is 12.1. The molecule has 0 bridgehead atoms. The molecule has 0 atom stereocenters. The minimum atomic E-state index is -3.76. The average Bonchev–Trinajstić information content (AvgIpc) is 2.84. The topological polar surface area (TPSA) is 120 Å². The maximum absolute atomic E-state index is 11.8. The highest BCUT2D eigenvalue weighted by Crippen LogP contribution is 2.32. The van der Waals surface area contributed by atoms with Crippen LogP contribution in [-0.4, -0.2) is 16.8 Å². The van der Waals surface area contributed by atoms with Crippen LogP contribution in [0, 0.1) is 0 Å². The van der Waals surface area contributed by atoms with Crippen LogP contribution >= 0.6 is 0 Å². The first kappa shape index (κ1) is 23.9. The van der Waals surface area contributed by atoms with Gasteiger partial charge >= 0.3 is 0 Å². The van der Waals surface area contributed by atoms with Crippen molar-refractivity contribution in [1.82, 2.24) is 0 Å². The molecule has 0 amide bonds. The Morgan fingerprint density at radius 1 is 0.389 bits per heavy atom. The fourth-order valence-corrected chi connectivity index (χ4v) is 6.53. The zero-order valence-corrected chi connectivity index (χ0v) is 20.6. The Bertz CT molecular complexity index is 1750. The van der Waals surface area contributed by atoms with Gasteiger partial charge in [-0.25, -0.2) is 27.1 Å². The lowest BCUT2D eigenvalue weighted by atomic mass is 10.0. The summed E-state index contributed by atoms with van der Waals surface area (Å²) in [6.45, 7) is 0. The summed E-state index contributed by atoms with van der Waals surface area (Å²) in [7, 11) is -7.51. The van der Waals surface area contributed by atoms with E-state index in [1.54, 1.807) is 24.3 Å². The van der Waals surface area contributed by atoms with Crippen molar-refractivity contribution in [2.24, 2.45) is 10.3 Å². The average molecular weight is 515 g/mol. The van der Waals surface area contributed by atoms with Crippen LogP contribution in [0.15, 0.2) is 119 Å². The number of benzene rings is 6. The highest BCUT2D eigenvalue weighted by molar-refractivity contribution is 7.90. The Morgan fingerprint density at radius 2 is 0.611 bits per heavy atom. The molecular weight excluding hydrogens is 492 g/mol. The summed E-state index contributed by atoms with van der Waals surface area (Å²) in [6.07, 6.45) is 0. The van der Waals surface area contributed by atoms with Crippen LogP contribution in [0.25, 0.3) is 43.1 Å². The van der Waals surface area contributed by atoms with E-state index in [0.717, 1.165) is 21.5 Å². The Kier molecular flexibility index (Phi) is 5.97. The van der Waals surface area contributed by atoms with Gasteiger partial charge in [-0.05, 0) is 33.7 Å². The summed E-state index contributed by atoms with van der Waals surface area (Å²) in [5.41, 5.74) is 0. The van der Waals surface area contributed by atoms with Gasteiger partial charge in [0, 0.05) is 21.5 Å². The molecule has 36 heavy (non-hydrogen) atoms. The molecule has 0 saturated carbocycles. The molecule has 0 spiro atoms. The second kappa shape index (κ2) is 9.00. The molecule has 6 aromatic carbocycles. The molecule has 8 heteroatoms. The van der Waals surface area contributed by atoms with Crippen LogP contribution in [0.3, 0.4) is 0 Å². The van der Waals surface area contributed by atoms with Gasteiger partial charge in [0.05, 0.1) is 9.79 Å². The summed E-state index contributed by atoms with van der Waals surface area (Å²) < 4.78 is 47.4. The number of fused-ring (bicyclic) bond motifs is 4. The van der Waals surface area contributed by atoms with E-state index in [1.165, 1.54) is 0 Å². The molecule has 4 N–H and O–H groups in total. The van der Waals surface area contributed by atoms with Gasteiger partial charge in [-0.3, -0.25) is 0 Å². The molecular formula is C28H22N2O4S2. The molecule has 0 fully saturated rings. The highest BCUT2D eigenvalue weighted by Gasteiger charge is 2.17. The van der Waals surface area contributed by atoms with Gasteiger partial charge in [0.25, 0.3) is 0 Å². The van der Waals surface area contributed by atoms with E-state index in [2.05, 4.69) is 0 Å². The summed E-state index contributed by atoms with van der Waals surface area (Å²) in [4.78, 5) is 0.410. The van der Waals surface area contributed by atoms with E-state index in [1.807, 2.05) is 84.9 Å². The Morgan fingerprint density at radius 3 is 0.833 bits per heavy atom. The molecule has 0 saturated heterocycles. The van der Waals surface area contributed by atoms with Gasteiger partial charge in [-0.15, -0.1) is 0 Å².